The van der Waals surface area contributed by atoms with E-state index in [0.717, 1.165) is 6.42 Å². The summed E-state index contributed by atoms with van der Waals surface area (Å²) in [6.45, 7) is 4.98. The van der Waals surface area contributed by atoms with Crippen LogP contribution in [0, 0.1) is 5.92 Å². The van der Waals surface area contributed by atoms with Crippen LogP contribution in [0.15, 0.2) is 0 Å². The van der Waals surface area contributed by atoms with Crippen LogP contribution in [-0.2, 0) is 9.59 Å². The Bertz CT molecular complexity index is 227. The molecule has 0 rings (SSSR count). The number of carbonyl (C=O) groups excluding carboxylic acids is 2. The highest BCUT2D eigenvalue weighted by molar-refractivity contribution is 5.85. The van der Waals surface area contributed by atoms with E-state index in [2.05, 4.69) is 5.32 Å². The molecule has 0 fully saturated rings. The average molecular weight is 229 g/mol. The van der Waals surface area contributed by atoms with Crippen molar-refractivity contribution in [3.05, 3.63) is 0 Å². The molecular formula is C11H23N3O2. The van der Waals surface area contributed by atoms with Crippen molar-refractivity contribution in [2.45, 2.75) is 26.7 Å². The van der Waals surface area contributed by atoms with Gasteiger partial charge in [0.1, 0.15) is 0 Å². The largest absolute Gasteiger partial charge is 0.355 e. The highest BCUT2D eigenvalue weighted by Crippen LogP contribution is 2.04. The molecule has 0 saturated heterocycles. The van der Waals surface area contributed by atoms with Crippen molar-refractivity contribution in [1.82, 2.24) is 10.2 Å². The molecule has 5 nitrogen and oxygen atoms in total. The molecule has 0 spiro atoms. The smallest absolute Gasteiger partial charge is 0.239 e. The second-order valence-corrected chi connectivity index (χ2v) is 3.89. The van der Waals surface area contributed by atoms with Crippen molar-refractivity contribution >= 4 is 11.8 Å². The fourth-order valence-corrected chi connectivity index (χ4v) is 1.37. The molecular weight excluding hydrogens is 206 g/mol. The van der Waals surface area contributed by atoms with Crippen molar-refractivity contribution in [1.29, 1.82) is 0 Å². The summed E-state index contributed by atoms with van der Waals surface area (Å²) in [4.78, 5) is 24.6. The molecule has 0 aliphatic rings. The molecule has 1 unspecified atom stereocenters. The molecule has 16 heavy (non-hydrogen) atoms. The highest BCUT2D eigenvalue weighted by atomic mass is 16.2. The van der Waals surface area contributed by atoms with Gasteiger partial charge >= 0.3 is 0 Å². The van der Waals surface area contributed by atoms with E-state index in [9.17, 15) is 9.59 Å². The Morgan fingerprint density at radius 2 is 2.00 bits per heavy atom. The minimum Gasteiger partial charge on any atom is -0.355 e. The molecule has 94 valence electrons. The predicted octanol–water partition coefficient (Wildman–Crippen LogP) is -0.0441. The van der Waals surface area contributed by atoms with E-state index in [1.165, 1.54) is 4.90 Å². The number of nitrogens with one attached hydrogen (secondary N) is 1. The molecule has 1 atom stereocenters. The van der Waals surface area contributed by atoms with Crippen molar-refractivity contribution in [3.8, 4) is 0 Å². The Balaban J connectivity index is 4.08. The normalized spacial score (nSPS) is 12.0. The SMILES string of the molecule is CCCNC(=O)CN(C)C(=O)C(CC)CN. The zero-order valence-corrected chi connectivity index (χ0v) is 10.5. The first-order valence-electron chi connectivity index (χ1n) is 5.78. The van der Waals surface area contributed by atoms with Crippen LogP contribution in [0.1, 0.15) is 26.7 Å². The molecule has 0 aromatic carbocycles. The maximum absolute atomic E-state index is 11.8. The predicted molar refractivity (Wildman–Crippen MR) is 63.8 cm³/mol. The first kappa shape index (κ1) is 14.9. The fraction of sp³-hybridized carbons (Fsp3) is 0.818. The number of likely N-dealkylation sites (N-methyl/N-ethyl adjacent to an activating group) is 1. The van der Waals surface area contributed by atoms with Crippen LogP contribution in [0.25, 0.3) is 0 Å². The summed E-state index contributed by atoms with van der Waals surface area (Å²) in [6.07, 6.45) is 1.60. The zero-order chi connectivity index (χ0) is 12.6. The van der Waals surface area contributed by atoms with Crippen LogP contribution < -0.4 is 11.1 Å². The Kier molecular flexibility index (Phi) is 7.54. The van der Waals surface area contributed by atoms with Gasteiger partial charge in [-0.05, 0) is 12.8 Å². The summed E-state index contributed by atoms with van der Waals surface area (Å²) >= 11 is 0. The number of rotatable bonds is 7. The molecule has 2 amide bonds. The van der Waals surface area contributed by atoms with E-state index in [-0.39, 0.29) is 24.3 Å². The van der Waals surface area contributed by atoms with E-state index in [4.69, 9.17) is 5.73 Å². The first-order chi connectivity index (χ1) is 7.56. The number of carbonyl (C=O) groups is 2. The van der Waals surface area contributed by atoms with Gasteiger partial charge in [0.15, 0.2) is 0 Å². The van der Waals surface area contributed by atoms with Gasteiger partial charge in [-0.15, -0.1) is 0 Å². The van der Waals surface area contributed by atoms with E-state index in [1.807, 2.05) is 13.8 Å². The van der Waals surface area contributed by atoms with Crippen molar-refractivity contribution in [2.75, 3.05) is 26.7 Å². The molecule has 3 N–H and O–H groups in total. The maximum atomic E-state index is 11.8. The lowest BCUT2D eigenvalue weighted by Gasteiger charge is -2.21. The molecule has 5 heteroatoms. The van der Waals surface area contributed by atoms with Gasteiger partial charge in [-0.3, -0.25) is 9.59 Å². The third-order valence-corrected chi connectivity index (χ3v) is 2.46. The van der Waals surface area contributed by atoms with Crippen LogP contribution in [-0.4, -0.2) is 43.4 Å². The summed E-state index contributed by atoms with van der Waals surface area (Å²) in [6, 6.07) is 0. The maximum Gasteiger partial charge on any atom is 0.239 e. The molecule has 0 bridgehead atoms. The number of nitrogens with zero attached hydrogens (tertiary/aromatic N) is 1. The van der Waals surface area contributed by atoms with Gasteiger partial charge < -0.3 is 16.0 Å². The monoisotopic (exact) mass is 229 g/mol. The fourth-order valence-electron chi connectivity index (χ4n) is 1.37. The molecule has 0 heterocycles. The lowest BCUT2D eigenvalue weighted by atomic mass is 10.1. The van der Waals surface area contributed by atoms with Gasteiger partial charge in [-0.2, -0.15) is 0 Å². The van der Waals surface area contributed by atoms with Crippen LogP contribution in [0.4, 0.5) is 0 Å². The van der Waals surface area contributed by atoms with E-state index < -0.39 is 0 Å². The molecule has 0 aromatic heterocycles. The van der Waals surface area contributed by atoms with Crippen LogP contribution in [0.5, 0.6) is 0 Å². The van der Waals surface area contributed by atoms with Gasteiger partial charge in [0, 0.05) is 20.1 Å². The van der Waals surface area contributed by atoms with E-state index in [0.29, 0.717) is 19.5 Å². The summed E-state index contributed by atoms with van der Waals surface area (Å²) in [5.41, 5.74) is 5.48. The van der Waals surface area contributed by atoms with Crippen LogP contribution in [0.3, 0.4) is 0 Å². The standard InChI is InChI=1S/C11H23N3O2/c1-4-6-13-10(15)8-14(3)11(16)9(5-2)7-12/h9H,4-8,12H2,1-3H3,(H,13,15). The Morgan fingerprint density at radius 3 is 2.44 bits per heavy atom. The summed E-state index contributed by atoms with van der Waals surface area (Å²) in [7, 11) is 1.63. The quantitative estimate of drug-likeness (QED) is 0.643. The average Bonchev–Trinajstić information content (AvgIpc) is 2.27. The van der Waals surface area contributed by atoms with Crippen LogP contribution >= 0.6 is 0 Å². The Morgan fingerprint density at radius 1 is 1.38 bits per heavy atom. The topological polar surface area (TPSA) is 75.4 Å². The number of amides is 2. The van der Waals surface area contributed by atoms with Crippen molar-refractivity contribution in [2.24, 2.45) is 11.7 Å². The van der Waals surface area contributed by atoms with Crippen molar-refractivity contribution < 1.29 is 9.59 Å². The molecule has 0 radical (unpaired) electrons. The van der Waals surface area contributed by atoms with Crippen LogP contribution in [0.2, 0.25) is 0 Å². The third-order valence-electron chi connectivity index (χ3n) is 2.46. The zero-order valence-electron chi connectivity index (χ0n) is 10.5. The van der Waals surface area contributed by atoms with Crippen molar-refractivity contribution in [3.63, 3.8) is 0 Å². The third kappa shape index (κ3) is 5.11. The minimum absolute atomic E-state index is 0.0587. The number of nitrogens with two attached hydrogens (primary N) is 1. The number of hydrogen-bond acceptors (Lipinski definition) is 3. The van der Waals surface area contributed by atoms with E-state index >= 15 is 0 Å². The molecule has 0 aromatic rings. The molecule has 0 aliphatic carbocycles. The Hall–Kier alpha value is -1.10. The molecule has 0 aliphatic heterocycles. The lowest BCUT2D eigenvalue weighted by Crippen LogP contribution is -2.42. The van der Waals surface area contributed by atoms with E-state index in [1.54, 1.807) is 7.05 Å². The second kappa shape index (κ2) is 8.10. The summed E-state index contributed by atoms with van der Waals surface area (Å²) in [5.74, 6) is -0.356. The highest BCUT2D eigenvalue weighted by Gasteiger charge is 2.20. The van der Waals surface area contributed by atoms with Gasteiger partial charge in [-0.1, -0.05) is 13.8 Å². The minimum atomic E-state index is -0.177. The second-order valence-electron chi connectivity index (χ2n) is 3.89. The summed E-state index contributed by atoms with van der Waals surface area (Å²) in [5, 5.41) is 2.73. The molecule has 0 saturated carbocycles. The van der Waals surface area contributed by atoms with Gasteiger partial charge in [0.05, 0.1) is 12.5 Å². The van der Waals surface area contributed by atoms with Gasteiger partial charge in [0.25, 0.3) is 0 Å². The Labute approximate surface area is 97.4 Å². The van der Waals surface area contributed by atoms with Gasteiger partial charge in [-0.25, -0.2) is 0 Å². The lowest BCUT2D eigenvalue weighted by molar-refractivity contribution is -0.137. The first-order valence-corrected chi connectivity index (χ1v) is 5.78. The number of hydrogen-bond donors (Lipinski definition) is 2. The summed E-state index contributed by atoms with van der Waals surface area (Å²) < 4.78 is 0. The van der Waals surface area contributed by atoms with Gasteiger partial charge in [0.2, 0.25) is 11.8 Å².